The first-order valence-electron chi connectivity index (χ1n) is 9.58. The van der Waals surface area contributed by atoms with E-state index in [1.807, 2.05) is 13.8 Å². The third-order valence-electron chi connectivity index (χ3n) is 5.12. The summed E-state index contributed by atoms with van der Waals surface area (Å²) in [6.45, 7) is 11.2. The van der Waals surface area contributed by atoms with Gasteiger partial charge in [-0.1, -0.05) is 37.3 Å². The zero-order valence-corrected chi connectivity index (χ0v) is 19.5. The number of carbonyl (C=O) groups is 1. The molecule has 0 spiro atoms. The maximum Gasteiger partial charge on any atom is 0.224 e. The van der Waals surface area contributed by atoms with Gasteiger partial charge in [-0.2, -0.15) is 0 Å². The van der Waals surface area contributed by atoms with Crippen molar-refractivity contribution in [3.8, 4) is 0 Å². The van der Waals surface area contributed by atoms with Gasteiger partial charge in [-0.15, -0.1) is 37.2 Å². The molecule has 1 heterocycles. The molecule has 5 nitrogen and oxygen atoms in total. The maximum absolute atomic E-state index is 11.8. The SMILES string of the molecule is CC(N)C(C)C(=O)NCCCCN1CCN(Cc2ccccc2)CC1.Cl.Cl.Cl. The van der Waals surface area contributed by atoms with E-state index in [2.05, 4.69) is 45.4 Å². The molecular weight excluding hydrogens is 419 g/mol. The van der Waals surface area contributed by atoms with Crippen LogP contribution >= 0.6 is 37.2 Å². The van der Waals surface area contributed by atoms with Crippen LogP contribution in [-0.4, -0.2) is 61.0 Å². The lowest BCUT2D eigenvalue weighted by Crippen LogP contribution is -2.46. The molecule has 8 heteroatoms. The number of carbonyl (C=O) groups excluding carboxylic acids is 1. The summed E-state index contributed by atoms with van der Waals surface area (Å²) in [5.74, 6) is -0.0396. The summed E-state index contributed by atoms with van der Waals surface area (Å²) in [6.07, 6.45) is 2.16. The number of hydrogen-bond acceptors (Lipinski definition) is 4. The number of nitrogens with zero attached hydrogens (tertiary/aromatic N) is 2. The molecule has 0 radical (unpaired) electrons. The van der Waals surface area contributed by atoms with E-state index in [4.69, 9.17) is 5.73 Å². The Morgan fingerprint density at radius 2 is 1.57 bits per heavy atom. The molecule has 0 saturated carbocycles. The summed E-state index contributed by atoms with van der Waals surface area (Å²) < 4.78 is 0. The molecule has 28 heavy (non-hydrogen) atoms. The quantitative estimate of drug-likeness (QED) is 0.562. The maximum atomic E-state index is 11.8. The average molecular weight is 456 g/mol. The number of rotatable bonds is 9. The molecule has 0 bridgehead atoms. The fourth-order valence-corrected chi connectivity index (χ4v) is 3.08. The van der Waals surface area contributed by atoms with Crippen molar-refractivity contribution in [2.45, 2.75) is 39.3 Å². The molecule has 1 saturated heterocycles. The molecule has 2 unspecified atom stereocenters. The second-order valence-electron chi connectivity index (χ2n) is 7.25. The summed E-state index contributed by atoms with van der Waals surface area (Å²) in [6, 6.07) is 10.6. The van der Waals surface area contributed by atoms with E-state index in [1.165, 1.54) is 5.56 Å². The van der Waals surface area contributed by atoms with Gasteiger partial charge in [0.2, 0.25) is 5.91 Å². The van der Waals surface area contributed by atoms with Crippen LogP contribution in [0.4, 0.5) is 0 Å². The second kappa shape index (κ2) is 16.3. The van der Waals surface area contributed by atoms with Gasteiger partial charge in [0.15, 0.2) is 0 Å². The Kier molecular flexibility index (Phi) is 17.2. The van der Waals surface area contributed by atoms with E-state index in [1.54, 1.807) is 0 Å². The fourth-order valence-electron chi connectivity index (χ4n) is 3.08. The molecule has 1 amide bonds. The highest BCUT2D eigenvalue weighted by Gasteiger charge is 2.17. The minimum absolute atomic E-state index is 0. The highest BCUT2D eigenvalue weighted by Crippen LogP contribution is 2.09. The van der Waals surface area contributed by atoms with Crippen molar-refractivity contribution < 1.29 is 4.79 Å². The monoisotopic (exact) mass is 454 g/mol. The van der Waals surface area contributed by atoms with Crippen molar-refractivity contribution in [2.75, 3.05) is 39.3 Å². The second-order valence-corrected chi connectivity index (χ2v) is 7.25. The zero-order valence-electron chi connectivity index (χ0n) is 17.0. The van der Waals surface area contributed by atoms with Crippen LogP contribution in [0.5, 0.6) is 0 Å². The molecule has 1 fully saturated rings. The van der Waals surface area contributed by atoms with E-state index in [-0.39, 0.29) is 55.1 Å². The standard InChI is InChI=1S/C20H34N4O.3ClH/c1-17(18(2)21)20(25)22-10-6-7-11-23-12-14-24(15-13-23)16-19-8-4-3-5-9-19;;;/h3-5,8-9,17-18H,6-7,10-16,21H2,1-2H3,(H,22,25);3*1H. The van der Waals surface area contributed by atoms with Crippen LogP contribution in [0.1, 0.15) is 32.3 Å². The highest BCUT2D eigenvalue weighted by molar-refractivity contribution is 5.86. The third-order valence-corrected chi connectivity index (χ3v) is 5.12. The van der Waals surface area contributed by atoms with Gasteiger partial charge in [-0.25, -0.2) is 0 Å². The molecule has 1 aliphatic heterocycles. The normalized spacial score (nSPS) is 16.7. The number of piperazine rings is 1. The van der Waals surface area contributed by atoms with Crippen LogP contribution in [0.3, 0.4) is 0 Å². The van der Waals surface area contributed by atoms with E-state index in [0.717, 1.165) is 58.7 Å². The Bertz CT molecular complexity index is 511. The summed E-state index contributed by atoms with van der Waals surface area (Å²) in [5, 5.41) is 2.99. The molecule has 2 atom stereocenters. The lowest BCUT2D eigenvalue weighted by molar-refractivity contribution is -0.124. The Morgan fingerprint density at radius 1 is 1.00 bits per heavy atom. The number of nitrogens with one attached hydrogen (secondary N) is 1. The molecule has 1 aromatic carbocycles. The van der Waals surface area contributed by atoms with Gasteiger partial charge < -0.3 is 16.0 Å². The van der Waals surface area contributed by atoms with E-state index in [0.29, 0.717) is 0 Å². The van der Waals surface area contributed by atoms with Crippen molar-refractivity contribution in [2.24, 2.45) is 11.7 Å². The molecule has 2 rings (SSSR count). The number of nitrogens with two attached hydrogens (primary N) is 1. The van der Waals surface area contributed by atoms with Gasteiger partial charge in [0.25, 0.3) is 0 Å². The minimum atomic E-state index is -0.113. The Balaban J connectivity index is 0. The van der Waals surface area contributed by atoms with Crippen LogP contribution in [0.2, 0.25) is 0 Å². The first-order chi connectivity index (χ1) is 12.1. The molecule has 0 aliphatic carbocycles. The number of unbranched alkanes of at least 4 members (excludes halogenated alkanes) is 1. The average Bonchev–Trinajstić information content (AvgIpc) is 2.62. The lowest BCUT2D eigenvalue weighted by Gasteiger charge is -2.34. The molecule has 0 aromatic heterocycles. The van der Waals surface area contributed by atoms with Gasteiger partial charge in [0.05, 0.1) is 0 Å². The van der Waals surface area contributed by atoms with Crippen LogP contribution in [0, 0.1) is 5.92 Å². The van der Waals surface area contributed by atoms with Crippen molar-refractivity contribution in [3.05, 3.63) is 35.9 Å². The summed E-state index contributed by atoms with van der Waals surface area (Å²) >= 11 is 0. The number of amides is 1. The van der Waals surface area contributed by atoms with E-state index >= 15 is 0 Å². The van der Waals surface area contributed by atoms with Gasteiger partial charge in [0, 0.05) is 51.2 Å². The number of hydrogen-bond donors (Lipinski definition) is 2. The minimum Gasteiger partial charge on any atom is -0.356 e. The summed E-state index contributed by atoms with van der Waals surface area (Å²) in [5.41, 5.74) is 7.15. The first kappa shape index (κ1) is 29.6. The van der Waals surface area contributed by atoms with Gasteiger partial charge in [-0.3, -0.25) is 9.69 Å². The van der Waals surface area contributed by atoms with Gasteiger partial charge in [-0.05, 0) is 31.9 Å². The molecular formula is C20H37Cl3N4O. The number of benzene rings is 1. The largest absolute Gasteiger partial charge is 0.356 e. The van der Waals surface area contributed by atoms with Crippen molar-refractivity contribution in [1.29, 1.82) is 0 Å². The molecule has 1 aromatic rings. The fraction of sp³-hybridized carbons (Fsp3) is 0.650. The van der Waals surface area contributed by atoms with Crippen LogP contribution in [-0.2, 0) is 11.3 Å². The topological polar surface area (TPSA) is 61.6 Å². The summed E-state index contributed by atoms with van der Waals surface area (Å²) in [4.78, 5) is 16.9. The van der Waals surface area contributed by atoms with E-state index < -0.39 is 0 Å². The third kappa shape index (κ3) is 10.8. The van der Waals surface area contributed by atoms with Crippen molar-refractivity contribution in [1.82, 2.24) is 15.1 Å². The van der Waals surface area contributed by atoms with Crippen molar-refractivity contribution in [3.63, 3.8) is 0 Å². The van der Waals surface area contributed by atoms with Crippen LogP contribution < -0.4 is 11.1 Å². The molecule has 3 N–H and O–H groups in total. The van der Waals surface area contributed by atoms with Gasteiger partial charge >= 0.3 is 0 Å². The highest BCUT2D eigenvalue weighted by atomic mass is 35.5. The Morgan fingerprint density at radius 3 is 2.14 bits per heavy atom. The summed E-state index contributed by atoms with van der Waals surface area (Å²) in [7, 11) is 0. The Labute approximate surface area is 189 Å². The van der Waals surface area contributed by atoms with Gasteiger partial charge in [0.1, 0.15) is 0 Å². The van der Waals surface area contributed by atoms with Crippen molar-refractivity contribution >= 4 is 43.1 Å². The van der Waals surface area contributed by atoms with E-state index in [9.17, 15) is 4.79 Å². The zero-order chi connectivity index (χ0) is 18.1. The molecule has 164 valence electrons. The lowest BCUT2D eigenvalue weighted by atomic mass is 10.0. The van der Waals surface area contributed by atoms with Crippen LogP contribution in [0.15, 0.2) is 30.3 Å². The predicted molar refractivity (Wildman–Crippen MR) is 125 cm³/mol. The smallest absolute Gasteiger partial charge is 0.224 e. The predicted octanol–water partition coefficient (Wildman–Crippen LogP) is 2.95. The van der Waals surface area contributed by atoms with Crippen LogP contribution in [0.25, 0.3) is 0 Å². The first-order valence-corrected chi connectivity index (χ1v) is 9.58. The number of halogens is 3. The Hall–Kier alpha value is -0.560. The molecule has 1 aliphatic rings.